The highest BCUT2D eigenvalue weighted by Crippen LogP contribution is 2.21. The highest BCUT2D eigenvalue weighted by Gasteiger charge is 1.90. The third-order valence-electron chi connectivity index (χ3n) is 1.36. The van der Waals surface area contributed by atoms with Gasteiger partial charge in [-0.3, -0.25) is 0 Å². The van der Waals surface area contributed by atoms with Crippen LogP contribution < -0.4 is 0 Å². The van der Waals surface area contributed by atoms with Gasteiger partial charge in [-0.2, -0.15) is 0 Å². The smallest absolute Gasteiger partial charge is 0.257 e. The molecular weight excluding hydrogens is 247 g/mol. The molecule has 0 aliphatic heterocycles. The fourth-order valence-corrected chi connectivity index (χ4v) is 0.892. The Morgan fingerprint density at radius 1 is 1.21 bits per heavy atom. The first-order chi connectivity index (χ1) is 6.72. The molecule has 0 bridgehead atoms. The number of phenolic OH excluding ortho intramolecular Hbond substituents is 2. The first-order valence-electron chi connectivity index (χ1n) is 4.24. The predicted molar refractivity (Wildman–Crippen MR) is 62.7 cm³/mol. The Kier molecular flexibility index (Phi) is 8.47. The molecule has 5 heteroatoms. The maximum absolute atomic E-state index is 8.67. The van der Waals surface area contributed by atoms with Crippen molar-refractivity contribution in [2.45, 2.75) is 6.42 Å². The molecule has 0 spiro atoms. The van der Waals surface area contributed by atoms with E-state index in [1.165, 1.54) is 12.1 Å². The molecule has 0 saturated carbocycles. The number of hydrogen-bond donors (Lipinski definition) is 2. The van der Waals surface area contributed by atoms with Crippen LogP contribution in [0.5, 0.6) is 11.5 Å². The van der Waals surface area contributed by atoms with E-state index in [-0.39, 0.29) is 11.5 Å². The molecule has 0 heterocycles. The lowest BCUT2D eigenvalue weighted by Crippen LogP contribution is -1.88. The van der Waals surface area contributed by atoms with Crippen molar-refractivity contribution in [3.05, 3.63) is 24.3 Å². The number of alkyl halides is 1. The summed E-state index contributed by atoms with van der Waals surface area (Å²) in [5, 5.41) is 18.4. The van der Waals surface area contributed by atoms with Crippen LogP contribution in [0.4, 0.5) is 0 Å². The molecule has 0 aromatic heterocycles. The molecule has 0 amide bonds. The Bertz CT molecular complexity index is 220. The molecule has 0 fully saturated rings. The highest BCUT2D eigenvalue weighted by molar-refractivity contribution is 9.09. The maximum atomic E-state index is 8.67. The number of rotatable bonds is 3. The van der Waals surface area contributed by atoms with E-state index < -0.39 is 0 Å². The minimum absolute atomic E-state index is 0.0764. The van der Waals surface area contributed by atoms with Gasteiger partial charge in [0.2, 0.25) is 0 Å². The van der Waals surface area contributed by atoms with Gasteiger partial charge >= 0.3 is 0 Å². The second kappa shape index (κ2) is 8.90. The second-order valence-corrected chi connectivity index (χ2v) is 3.32. The van der Waals surface area contributed by atoms with Crippen LogP contribution in [-0.2, 0) is 4.65 Å². The summed E-state index contributed by atoms with van der Waals surface area (Å²) in [7, 11) is 1.71. The summed E-state index contributed by atoms with van der Waals surface area (Å²) < 4.78 is 4.75. The van der Waals surface area contributed by atoms with Crippen molar-refractivity contribution >= 4 is 24.0 Å². The lowest BCUT2D eigenvalue weighted by molar-refractivity contribution is 0.351. The molecule has 0 unspecified atom stereocenters. The molecular formula is C9H14BBrO3. The Hall–Kier alpha value is -0.675. The van der Waals surface area contributed by atoms with Gasteiger partial charge in [-0.15, -0.1) is 0 Å². The molecule has 0 aliphatic rings. The first kappa shape index (κ1) is 13.3. The van der Waals surface area contributed by atoms with Gasteiger partial charge in [0.1, 0.15) is 0 Å². The van der Waals surface area contributed by atoms with Gasteiger partial charge in [0, 0.05) is 11.9 Å². The molecule has 0 saturated heterocycles. The molecule has 0 atom stereocenters. The average molecular weight is 261 g/mol. The van der Waals surface area contributed by atoms with Crippen LogP contribution in [0.2, 0.25) is 0 Å². The van der Waals surface area contributed by atoms with E-state index in [1.54, 1.807) is 20.2 Å². The van der Waals surface area contributed by atoms with Gasteiger partial charge < -0.3 is 14.9 Å². The topological polar surface area (TPSA) is 49.7 Å². The van der Waals surface area contributed by atoms with Gasteiger partial charge in [-0.25, -0.2) is 0 Å². The van der Waals surface area contributed by atoms with Crippen LogP contribution in [0, 0.1) is 0 Å². The normalized spacial score (nSPS) is 8.93. The summed E-state index contributed by atoms with van der Waals surface area (Å²) >= 11 is 3.27. The Morgan fingerprint density at radius 2 is 1.71 bits per heavy atom. The van der Waals surface area contributed by atoms with Crippen molar-refractivity contribution in [3.63, 3.8) is 0 Å². The minimum Gasteiger partial charge on any atom is -0.504 e. The van der Waals surface area contributed by atoms with E-state index in [1.807, 2.05) is 0 Å². The zero-order valence-corrected chi connectivity index (χ0v) is 9.70. The molecule has 14 heavy (non-hydrogen) atoms. The van der Waals surface area contributed by atoms with Crippen molar-refractivity contribution in [2.75, 3.05) is 11.9 Å². The van der Waals surface area contributed by atoms with Crippen LogP contribution in [0.1, 0.15) is 6.42 Å². The largest absolute Gasteiger partial charge is 0.504 e. The minimum atomic E-state index is -0.0764. The average Bonchev–Trinajstić information content (AvgIpc) is 2.20. The first-order valence-corrected chi connectivity index (χ1v) is 5.36. The maximum Gasteiger partial charge on any atom is 0.257 e. The molecule has 2 N–H and O–H groups in total. The number of halogens is 1. The van der Waals surface area contributed by atoms with Crippen LogP contribution in [-0.4, -0.2) is 30.2 Å². The fourth-order valence-electron chi connectivity index (χ4n) is 0.663. The van der Waals surface area contributed by atoms with E-state index >= 15 is 0 Å². The summed E-state index contributed by atoms with van der Waals surface area (Å²) in [4.78, 5) is 0. The summed E-state index contributed by atoms with van der Waals surface area (Å²) in [6.45, 7) is 0.866. The zero-order chi connectivity index (χ0) is 10.8. The van der Waals surface area contributed by atoms with Gasteiger partial charge in [0.25, 0.3) is 8.05 Å². The fraction of sp³-hybridized carbons (Fsp3) is 0.333. The van der Waals surface area contributed by atoms with Crippen molar-refractivity contribution in [1.29, 1.82) is 0 Å². The van der Waals surface area contributed by atoms with Crippen molar-refractivity contribution < 1.29 is 14.9 Å². The monoisotopic (exact) mass is 260 g/mol. The molecule has 1 aromatic carbocycles. The van der Waals surface area contributed by atoms with E-state index in [9.17, 15) is 0 Å². The highest BCUT2D eigenvalue weighted by atomic mass is 79.9. The van der Waals surface area contributed by atoms with Gasteiger partial charge in [0.05, 0.1) is 0 Å². The number of aromatic hydroxyl groups is 2. The van der Waals surface area contributed by atoms with E-state index in [0.717, 1.165) is 18.4 Å². The zero-order valence-electron chi connectivity index (χ0n) is 8.11. The molecule has 1 aromatic rings. The Labute approximate surface area is 93.3 Å². The molecule has 78 valence electrons. The van der Waals surface area contributed by atoms with Crippen molar-refractivity contribution in [3.8, 4) is 11.5 Å². The van der Waals surface area contributed by atoms with E-state index in [0.29, 0.717) is 0 Å². The second-order valence-electron chi connectivity index (χ2n) is 2.52. The van der Waals surface area contributed by atoms with E-state index in [2.05, 4.69) is 15.9 Å². The van der Waals surface area contributed by atoms with Crippen LogP contribution in [0.3, 0.4) is 0 Å². The molecule has 3 nitrogen and oxygen atoms in total. The third kappa shape index (κ3) is 6.80. The van der Waals surface area contributed by atoms with Gasteiger partial charge in [-0.05, 0) is 18.6 Å². The van der Waals surface area contributed by atoms with Crippen molar-refractivity contribution in [1.82, 2.24) is 0 Å². The number of para-hydroxylation sites is 2. The summed E-state index contributed by atoms with van der Waals surface area (Å²) in [5.74, 6) is -0.153. The lowest BCUT2D eigenvalue weighted by atomic mass is 10.3. The SMILES string of the molecule is BOCCCBr.Oc1ccccc1O. The number of hydrogen-bond acceptors (Lipinski definition) is 3. The molecule has 0 radical (unpaired) electrons. The summed E-state index contributed by atoms with van der Waals surface area (Å²) in [6.07, 6.45) is 1.11. The van der Waals surface area contributed by atoms with Crippen LogP contribution >= 0.6 is 15.9 Å². The number of benzene rings is 1. The van der Waals surface area contributed by atoms with Crippen LogP contribution in [0.25, 0.3) is 0 Å². The molecule has 0 aliphatic carbocycles. The standard InChI is InChI=1S/C6H6O2.C3H8BBrO/c7-5-3-1-2-4-6(5)8;4-6-3-1-2-5/h1-4,7-8H;1-4H2. The predicted octanol–water partition coefficient (Wildman–Crippen LogP) is 1.43. The van der Waals surface area contributed by atoms with E-state index in [4.69, 9.17) is 14.9 Å². The van der Waals surface area contributed by atoms with Gasteiger partial charge in [-0.1, -0.05) is 28.1 Å². The Balaban J connectivity index is 0.000000255. The van der Waals surface area contributed by atoms with Crippen molar-refractivity contribution in [2.24, 2.45) is 0 Å². The third-order valence-corrected chi connectivity index (χ3v) is 1.92. The summed E-state index contributed by atoms with van der Waals surface area (Å²) in [6, 6.07) is 6.15. The Morgan fingerprint density at radius 3 is 1.93 bits per heavy atom. The van der Waals surface area contributed by atoms with Gasteiger partial charge in [0.15, 0.2) is 11.5 Å². The summed E-state index contributed by atoms with van der Waals surface area (Å²) in [5.41, 5.74) is 0. The molecule has 1 rings (SSSR count). The number of phenols is 2. The van der Waals surface area contributed by atoms with Crippen LogP contribution in [0.15, 0.2) is 24.3 Å². The lowest BCUT2D eigenvalue weighted by Gasteiger charge is -1.91. The quantitative estimate of drug-likeness (QED) is 0.374.